The van der Waals surface area contributed by atoms with Gasteiger partial charge in [0.25, 0.3) is 0 Å². The number of para-hydroxylation sites is 1. The molecule has 6 heteroatoms. The molecule has 2 N–H and O–H groups in total. The molecule has 1 aromatic heterocycles. The zero-order chi connectivity index (χ0) is 18.0. The van der Waals surface area contributed by atoms with Crippen molar-refractivity contribution in [2.24, 2.45) is 5.92 Å². The van der Waals surface area contributed by atoms with E-state index in [0.717, 1.165) is 24.1 Å². The monoisotopic (exact) mass is 343 g/mol. The van der Waals surface area contributed by atoms with Crippen LogP contribution in [0.25, 0.3) is 10.9 Å². The summed E-state index contributed by atoms with van der Waals surface area (Å²) in [6, 6.07) is 7.35. The van der Waals surface area contributed by atoms with Crippen LogP contribution in [0.4, 0.5) is 4.79 Å². The van der Waals surface area contributed by atoms with E-state index < -0.39 is 12.0 Å². The lowest BCUT2D eigenvalue weighted by Crippen LogP contribution is -2.51. The minimum Gasteiger partial charge on any atom is -0.467 e. The van der Waals surface area contributed by atoms with Gasteiger partial charge in [-0.3, -0.25) is 0 Å². The summed E-state index contributed by atoms with van der Waals surface area (Å²) >= 11 is 0. The number of hydrogen-bond acceptors (Lipinski definition) is 3. The molecule has 2 heterocycles. The largest absolute Gasteiger partial charge is 0.467 e. The van der Waals surface area contributed by atoms with Crippen LogP contribution in [0.2, 0.25) is 0 Å². The standard InChI is InChI=1S/C19H25N3O3/c1-4-12(2)17(18(23)25-3)21-19(24)22-10-9-14-13-7-5-6-8-15(13)20-16(14)11-22/h5-8,12,17,20H,4,9-11H2,1-3H3,(H,21,24)/t12-,17+/m1/s1. The van der Waals surface area contributed by atoms with Gasteiger partial charge in [-0.25, -0.2) is 9.59 Å². The van der Waals surface area contributed by atoms with Crippen molar-refractivity contribution >= 4 is 22.9 Å². The first-order valence-electron chi connectivity index (χ1n) is 8.76. The second kappa shape index (κ2) is 7.17. The van der Waals surface area contributed by atoms with Gasteiger partial charge < -0.3 is 19.9 Å². The van der Waals surface area contributed by atoms with E-state index in [9.17, 15) is 9.59 Å². The van der Waals surface area contributed by atoms with Crippen LogP contribution < -0.4 is 5.32 Å². The zero-order valence-corrected chi connectivity index (χ0v) is 15.0. The Balaban J connectivity index is 1.74. The molecule has 0 radical (unpaired) electrons. The molecular formula is C19H25N3O3. The number of urea groups is 1. The molecule has 3 rings (SSSR count). The highest BCUT2D eigenvalue weighted by Gasteiger charge is 2.30. The van der Waals surface area contributed by atoms with Gasteiger partial charge in [-0.15, -0.1) is 0 Å². The van der Waals surface area contributed by atoms with Crippen LogP contribution in [0.5, 0.6) is 0 Å². The summed E-state index contributed by atoms with van der Waals surface area (Å²) in [6.45, 7) is 5.08. The van der Waals surface area contributed by atoms with Crippen LogP contribution in [0, 0.1) is 5.92 Å². The molecule has 1 aromatic carbocycles. The molecule has 0 saturated carbocycles. The minimum atomic E-state index is -0.619. The van der Waals surface area contributed by atoms with E-state index in [4.69, 9.17) is 4.74 Å². The van der Waals surface area contributed by atoms with E-state index in [1.807, 2.05) is 32.0 Å². The Morgan fingerprint density at radius 2 is 2.12 bits per heavy atom. The van der Waals surface area contributed by atoms with Crippen molar-refractivity contribution in [3.63, 3.8) is 0 Å². The van der Waals surface area contributed by atoms with Crippen LogP contribution in [0.1, 0.15) is 31.5 Å². The average Bonchev–Trinajstić information content (AvgIpc) is 3.02. The van der Waals surface area contributed by atoms with Gasteiger partial charge in [-0.05, 0) is 24.0 Å². The zero-order valence-electron chi connectivity index (χ0n) is 15.0. The van der Waals surface area contributed by atoms with E-state index in [2.05, 4.69) is 16.4 Å². The SMILES string of the molecule is CC[C@@H](C)[C@H](NC(=O)N1CCc2c([nH]c3ccccc23)C1)C(=O)OC. The molecule has 25 heavy (non-hydrogen) atoms. The summed E-state index contributed by atoms with van der Waals surface area (Å²) in [5, 5.41) is 4.08. The third kappa shape index (κ3) is 3.34. The number of nitrogens with one attached hydrogen (secondary N) is 2. The van der Waals surface area contributed by atoms with Crippen molar-refractivity contribution in [1.82, 2.24) is 15.2 Å². The fourth-order valence-corrected chi connectivity index (χ4v) is 3.39. The molecule has 0 aliphatic carbocycles. The molecule has 0 spiro atoms. The van der Waals surface area contributed by atoms with Gasteiger partial charge in [0.05, 0.1) is 13.7 Å². The highest BCUT2D eigenvalue weighted by atomic mass is 16.5. The molecule has 0 fully saturated rings. The average molecular weight is 343 g/mol. The number of carbonyl (C=O) groups excluding carboxylic acids is 2. The summed E-state index contributed by atoms with van der Waals surface area (Å²) in [7, 11) is 1.35. The number of amides is 2. The predicted molar refractivity (Wildman–Crippen MR) is 96.2 cm³/mol. The number of fused-ring (bicyclic) bond motifs is 3. The highest BCUT2D eigenvalue weighted by molar-refractivity contribution is 5.86. The number of rotatable bonds is 4. The molecule has 0 bridgehead atoms. The van der Waals surface area contributed by atoms with Gasteiger partial charge in [0.1, 0.15) is 6.04 Å². The first-order valence-corrected chi connectivity index (χ1v) is 8.76. The highest BCUT2D eigenvalue weighted by Crippen LogP contribution is 2.27. The third-order valence-electron chi connectivity index (χ3n) is 5.12. The third-order valence-corrected chi connectivity index (χ3v) is 5.12. The lowest BCUT2D eigenvalue weighted by Gasteiger charge is -2.30. The second-order valence-corrected chi connectivity index (χ2v) is 6.64. The van der Waals surface area contributed by atoms with Gasteiger partial charge >= 0.3 is 12.0 Å². The Morgan fingerprint density at radius 1 is 1.36 bits per heavy atom. The van der Waals surface area contributed by atoms with Gasteiger partial charge in [-0.2, -0.15) is 0 Å². The van der Waals surface area contributed by atoms with Crippen molar-refractivity contribution < 1.29 is 14.3 Å². The van der Waals surface area contributed by atoms with Crippen LogP contribution in [-0.4, -0.2) is 41.6 Å². The normalized spacial score (nSPS) is 16.2. The van der Waals surface area contributed by atoms with Crippen LogP contribution >= 0.6 is 0 Å². The van der Waals surface area contributed by atoms with Crippen molar-refractivity contribution in [1.29, 1.82) is 0 Å². The molecule has 2 atom stereocenters. The van der Waals surface area contributed by atoms with Gasteiger partial charge in [0.15, 0.2) is 0 Å². The molecule has 0 saturated heterocycles. The summed E-state index contributed by atoms with van der Waals surface area (Å²) in [5.74, 6) is -0.379. The molecule has 2 amide bonds. The lowest BCUT2D eigenvalue weighted by molar-refractivity contribution is -0.144. The molecule has 2 aromatic rings. The number of aromatic nitrogens is 1. The first-order chi connectivity index (χ1) is 12.0. The number of nitrogens with zero attached hydrogens (tertiary/aromatic N) is 1. The van der Waals surface area contributed by atoms with E-state index in [-0.39, 0.29) is 11.9 Å². The van der Waals surface area contributed by atoms with Crippen molar-refractivity contribution in [2.45, 2.75) is 39.3 Å². The van der Waals surface area contributed by atoms with E-state index in [1.165, 1.54) is 18.1 Å². The summed E-state index contributed by atoms with van der Waals surface area (Å²) in [5.41, 5.74) is 3.45. The summed E-state index contributed by atoms with van der Waals surface area (Å²) in [6.07, 6.45) is 1.59. The molecule has 1 aliphatic heterocycles. The smallest absolute Gasteiger partial charge is 0.328 e. The minimum absolute atomic E-state index is 0.0184. The Morgan fingerprint density at radius 3 is 2.84 bits per heavy atom. The second-order valence-electron chi connectivity index (χ2n) is 6.64. The van der Waals surface area contributed by atoms with E-state index >= 15 is 0 Å². The molecule has 1 aliphatic rings. The molecule has 134 valence electrons. The van der Waals surface area contributed by atoms with Gasteiger partial charge in [-0.1, -0.05) is 38.5 Å². The summed E-state index contributed by atoms with van der Waals surface area (Å²) in [4.78, 5) is 29.8. The number of esters is 1. The number of methoxy groups -OCH3 is 1. The van der Waals surface area contributed by atoms with E-state index in [0.29, 0.717) is 13.1 Å². The van der Waals surface area contributed by atoms with Gasteiger partial charge in [0, 0.05) is 23.1 Å². The molecular weight excluding hydrogens is 318 g/mol. The Kier molecular flexibility index (Phi) is 4.97. The number of H-pyrrole nitrogens is 1. The molecule has 0 unspecified atom stereocenters. The Labute approximate surface area is 147 Å². The first kappa shape index (κ1) is 17.3. The Hall–Kier alpha value is -2.50. The lowest BCUT2D eigenvalue weighted by atomic mass is 9.99. The number of carbonyl (C=O) groups is 2. The maximum absolute atomic E-state index is 12.7. The quantitative estimate of drug-likeness (QED) is 0.838. The van der Waals surface area contributed by atoms with Gasteiger partial charge in [0.2, 0.25) is 0 Å². The number of aromatic amines is 1. The van der Waals surface area contributed by atoms with Crippen molar-refractivity contribution in [2.75, 3.05) is 13.7 Å². The topological polar surface area (TPSA) is 74.4 Å². The number of ether oxygens (including phenoxy) is 1. The summed E-state index contributed by atoms with van der Waals surface area (Å²) < 4.78 is 4.84. The maximum atomic E-state index is 12.7. The predicted octanol–water partition coefficient (Wildman–Crippen LogP) is 2.82. The number of hydrogen-bond donors (Lipinski definition) is 2. The fraction of sp³-hybridized carbons (Fsp3) is 0.474. The van der Waals surface area contributed by atoms with Crippen molar-refractivity contribution in [3.8, 4) is 0 Å². The van der Waals surface area contributed by atoms with Crippen LogP contribution in [0.15, 0.2) is 24.3 Å². The number of benzene rings is 1. The maximum Gasteiger partial charge on any atom is 0.328 e. The fourth-order valence-electron chi connectivity index (χ4n) is 3.39. The van der Waals surface area contributed by atoms with Crippen LogP contribution in [0.3, 0.4) is 0 Å². The van der Waals surface area contributed by atoms with Crippen LogP contribution in [-0.2, 0) is 22.5 Å². The van der Waals surface area contributed by atoms with Crippen molar-refractivity contribution in [3.05, 3.63) is 35.5 Å². The Bertz CT molecular complexity index is 783. The van der Waals surface area contributed by atoms with E-state index in [1.54, 1.807) is 4.90 Å². The molecule has 6 nitrogen and oxygen atoms in total.